The zero-order chi connectivity index (χ0) is 24.0. The van der Waals surface area contributed by atoms with Crippen LogP contribution >= 0.6 is 0 Å². The van der Waals surface area contributed by atoms with Gasteiger partial charge in [0.15, 0.2) is 5.82 Å². The number of hydrogen-bond donors (Lipinski definition) is 3. The molecule has 0 bridgehead atoms. The zero-order valence-corrected chi connectivity index (χ0v) is 20.1. The number of carbonyl (C=O) groups excluding carboxylic acids is 2. The fraction of sp³-hybridized carbons (Fsp3) is 0.393. The highest BCUT2D eigenvalue weighted by atomic mass is 16.2. The minimum atomic E-state index is -0.0813. The third kappa shape index (κ3) is 6.36. The van der Waals surface area contributed by atoms with Crippen molar-refractivity contribution in [3.8, 4) is 11.1 Å². The highest BCUT2D eigenvalue weighted by Crippen LogP contribution is 2.39. The molecule has 7 nitrogen and oxygen atoms in total. The summed E-state index contributed by atoms with van der Waals surface area (Å²) in [5.74, 6) is 1.05. The van der Waals surface area contributed by atoms with Gasteiger partial charge in [0.05, 0.1) is 6.42 Å². The molecule has 35 heavy (non-hydrogen) atoms. The van der Waals surface area contributed by atoms with E-state index in [9.17, 15) is 9.59 Å². The maximum absolute atomic E-state index is 12.5. The molecule has 2 amide bonds. The Hall–Kier alpha value is -3.45. The van der Waals surface area contributed by atoms with Crippen molar-refractivity contribution in [3.05, 3.63) is 71.4 Å². The van der Waals surface area contributed by atoms with Crippen molar-refractivity contribution >= 4 is 17.6 Å². The summed E-state index contributed by atoms with van der Waals surface area (Å²) in [6.45, 7) is 3.87. The number of rotatable bonds is 9. The number of aromatic nitrogens is 2. The fourth-order valence-corrected chi connectivity index (χ4v) is 4.62. The molecular formula is C28H33N5O2. The predicted octanol–water partition coefficient (Wildman–Crippen LogP) is 4.35. The monoisotopic (exact) mass is 471 g/mol. The Morgan fingerprint density at radius 3 is 2.31 bits per heavy atom. The van der Waals surface area contributed by atoms with Crippen LogP contribution in [0.2, 0.25) is 0 Å². The Morgan fingerprint density at radius 1 is 0.943 bits per heavy atom. The molecule has 1 aromatic heterocycles. The number of anilines is 1. The van der Waals surface area contributed by atoms with Crippen molar-refractivity contribution in [1.29, 1.82) is 0 Å². The van der Waals surface area contributed by atoms with Gasteiger partial charge in [0.1, 0.15) is 0 Å². The molecule has 3 aromatic rings. The van der Waals surface area contributed by atoms with E-state index in [0.717, 1.165) is 42.0 Å². The van der Waals surface area contributed by atoms with Gasteiger partial charge < -0.3 is 15.5 Å². The van der Waals surface area contributed by atoms with E-state index in [0.29, 0.717) is 30.3 Å². The molecule has 7 heteroatoms. The van der Waals surface area contributed by atoms with Crippen molar-refractivity contribution in [2.45, 2.75) is 44.4 Å². The highest BCUT2D eigenvalue weighted by molar-refractivity contribution is 5.94. The molecule has 182 valence electrons. The SMILES string of the molecule is O=C(Cc1ccc(-c2ccc(C(=O)NCCN3CCCCC3)cc2)cc1)Nc1cc(C2CC2)[nH]n1. The summed E-state index contributed by atoms with van der Waals surface area (Å²) in [7, 11) is 0. The van der Waals surface area contributed by atoms with Gasteiger partial charge in [0.2, 0.25) is 5.91 Å². The summed E-state index contributed by atoms with van der Waals surface area (Å²) in [6, 6.07) is 17.6. The maximum atomic E-state index is 12.5. The van der Waals surface area contributed by atoms with Crippen molar-refractivity contribution < 1.29 is 9.59 Å². The van der Waals surface area contributed by atoms with Gasteiger partial charge in [-0.1, -0.05) is 42.8 Å². The van der Waals surface area contributed by atoms with E-state index < -0.39 is 0 Å². The fourth-order valence-electron chi connectivity index (χ4n) is 4.62. The molecule has 1 saturated heterocycles. The molecule has 2 fully saturated rings. The number of benzene rings is 2. The van der Waals surface area contributed by atoms with E-state index in [-0.39, 0.29) is 11.8 Å². The van der Waals surface area contributed by atoms with E-state index in [1.807, 2.05) is 54.6 Å². The normalized spacial score (nSPS) is 16.1. The first-order valence-electron chi connectivity index (χ1n) is 12.7. The molecule has 2 aliphatic rings. The average molecular weight is 472 g/mol. The Balaban J connectivity index is 1.10. The summed E-state index contributed by atoms with van der Waals surface area (Å²) in [4.78, 5) is 27.3. The number of hydrogen-bond acceptors (Lipinski definition) is 4. The van der Waals surface area contributed by atoms with Crippen molar-refractivity contribution in [3.63, 3.8) is 0 Å². The summed E-state index contributed by atoms with van der Waals surface area (Å²) in [6.07, 6.45) is 6.52. The van der Waals surface area contributed by atoms with E-state index >= 15 is 0 Å². The molecule has 5 rings (SSSR count). The Morgan fingerprint density at radius 2 is 1.63 bits per heavy atom. The molecule has 2 aromatic carbocycles. The molecule has 0 radical (unpaired) electrons. The van der Waals surface area contributed by atoms with E-state index in [1.165, 1.54) is 32.1 Å². The van der Waals surface area contributed by atoms with Crippen LogP contribution < -0.4 is 10.6 Å². The Kier molecular flexibility index (Phi) is 7.23. The topological polar surface area (TPSA) is 90.1 Å². The molecule has 3 N–H and O–H groups in total. The van der Waals surface area contributed by atoms with Crippen LogP contribution in [0.1, 0.15) is 59.6 Å². The van der Waals surface area contributed by atoms with Crippen molar-refractivity contribution in [1.82, 2.24) is 20.4 Å². The van der Waals surface area contributed by atoms with Crippen LogP contribution in [-0.4, -0.2) is 53.1 Å². The average Bonchev–Trinajstić information content (AvgIpc) is 3.64. The van der Waals surface area contributed by atoms with Crippen LogP contribution in [0.25, 0.3) is 11.1 Å². The first kappa shape index (κ1) is 23.3. The second-order valence-corrected chi connectivity index (χ2v) is 9.64. The third-order valence-corrected chi connectivity index (χ3v) is 6.84. The Labute approximate surface area is 206 Å². The van der Waals surface area contributed by atoms with Gasteiger partial charge in [-0.15, -0.1) is 0 Å². The number of aromatic amines is 1. The van der Waals surface area contributed by atoms with Gasteiger partial charge in [-0.05, 0) is 67.6 Å². The Bertz CT molecular complexity index is 1140. The standard InChI is InChI=1S/C28H33N5O2/c34-27(30-26-19-25(31-32-26)23-10-11-23)18-20-4-6-21(7-5-20)22-8-12-24(13-9-22)28(35)29-14-17-33-15-2-1-3-16-33/h4-9,12-13,19,23H,1-3,10-11,14-18H2,(H,29,35)(H2,30,31,32,34). The first-order chi connectivity index (χ1) is 17.1. The van der Waals surface area contributed by atoms with E-state index in [4.69, 9.17) is 0 Å². The van der Waals surface area contributed by atoms with Crippen LogP contribution in [0.3, 0.4) is 0 Å². The zero-order valence-electron chi connectivity index (χ0n) is 20.1. The number of H-pyrrole nitrogens is 1. The van der Waals surface area contributed by atoms with Crippen LogP contribution in [0.4, 0.5) is 5.82 Å². The molecule has 2 heterocycles. The van der Waals surface area contributed by atoms with Gasteiger partial charge in [-0.2, -0.15) is 5.10 Å². The predicted molar refractivity (Wildman–Crippen MR) is 137 cm³/mol. The minimum absolute atomic E-state index is 0.0314. The summed E-state index contributed by atoms with van der Waals surface area (Å²) in [5.41, 5.74) is 4.80. The van der Waals surface area contributed by atoms with Crippen LogP contribution in [0.5, 0.6) is 0 Å². The smallest absolute Gasteiger partial charge is 0.251 e. The number of nitrogens with zero attached hydrogens (tertiary/aromatic N) is 2. The number of amides is 2. The maximum Gasteiger partial charge on any atom is 0.251 e. The molecule has 1 saturated carbocycles. The van der Waals surface area contributed by atoms with E-state index in [1.54, 1.807) is 0 Å². The molecular weight excluding hydrogens is 438 g/mol. The third-order valence-electron chi connectivity index (χ3n) is 6.84. The first-order valence-corrected chi connectivity index (χ1v) is 12.7. The van der Waals surface area contributed by atoms with Gasteiger partial charge in [0, 0.05) is 36.3 Å². The molecule has 0 atom stereocenters. The molecule has 0 spiro atoms. The van der Waals surface area contributed by atoms with Gasteiger partial charge in [-0.25, -0.2) is 0 Å². The molecule has 0 unspecified atom stereocenters. The lowest BCUT2D eigenvalue weighted by Crippen LogP contribution is -2.37. The van der Waals surface area contributed by atoms with Crippen molar-refractivity contribution in [2.75, 3.05) is 31.5 Å². The number of nitrogens with one attached hydrogen (secondary N) is 3. The molecule has 1 aliphatic carbocycles. The quantitative estimate of drug-likeness (QED) is 0.433. The lowest BCUT2D eigenvalue weighted by Gasteiger charge is -2.26. The summed E-state index contributed by atoms with van der Waals surface area (Å²) in [5, 5.41) is 13.1. The summed E-state index contributed by atoms with van der Waals surface area (Å²) >= 11 is 0. The lowest BCUT2D eigenvalue weighted by atomic mass is 10.0. The minimum Gasteiger partial charge on any atom is -0.351 e. The van der Waals surface area contributed by atoms with Gasteiger partial charge in [0.25, 0.3) is 5.91 Å². The molecule has 1 aliphatic heterocycles. The van der Waals surface area contributed by atoms with Gasteiger partial charge >= 0.3 is 0 Å². The van der Waals surface area contributed by atoms with Gasteiger partial charge in [-0.3, -0.25) is 14.7 Å². The van der Waals surface area contributed by atoms with E-state index in [2.05, 4.69) is 25.7 Å². The number of carbonyl (C=O) groups is 2. The number of likely N-dealkylation sites (tertiary alicyclic amines) is 1. The second kappa shape index (κ2) is 10.9. The summed E-state index contributed by atoms with van der Waals surface area (Å²) < 4.78 is 0. The van der Waals surface area contributed by atoms with Crippen LogP contribution in [0, 0.1) is 0 Å². The van der Waals surface area contributed by atoms with Crippen LogP contribution in [0.15, 0.2) is 54.6 Å². The largest absolute Gasteiger partial charge is 0.351 e. The number of piperidine rings is 1. The van der Waals surface area contributed by atoms with Crippen LogP contribution in [-0.2, 0) is 11.2 Å². The highest BCUT2D eigenvalue weighted by Gasteiger charge is 2.25. The lowest BCUT2D eigenvalue weighted by molar-refractivity contribution is -0.115. The van der Waals surface area contributed by atoms with Crippen molar-refractivity contribution in [2.24, 2.45) is 0 Å². The second-order valence-electron chi connectivity index (χ2n) is 9.64.